The maximum absolute atomic E-state index is 13.4. The number of aryl methyl sites for hydroxylation is 3. The van der Waals surface area contributed by atoms with Gasteiger partial charge in [0.1, 0.15) is 0 Å². The van der Waals surface area contributed by atoms with E-state index >= 15 is 0 Å². The second kappa shape index (κ2) is 10.5. The summed E-state index contributed by atoms with van der Waals surface area (Å²) < 4.78 is 30.4. The minimum atomic E-state index is -3.84. The van der Waals surface area contributed by atoms with Gasteiger partial charge < -0.3 is 4.90 Å². The van der Waals surface area contributed by atoms with E-state index in [0.29, 0.717) is 44.1 Å². The van der Waals surface area contributed by atoms with Crippen molar-refractivity contribution in [3.8, 4) is 11.1 Å². The largest absolute Gasteiger partial charge is 0.342 e. The Labute approximate surface area is 230 Å². The van der Waals surface area contributed by atoms with E-state index in [-0.39, 0.29) is 28.1 Å². The first-order valence-corrected chi connectivity index (χ1v) is 15.1. The first kappa shape index (κ1) is 26.9. The minimum absolute atomic E-state index is 0.0534. The smallest absolute Gasteiger partial charge is 0.273 e. The van der Waals surface area contributed by atoms with Crippen molar-refractivity contribution < 1.29 is 13.2 Å². The number of hydrogen-bond donors (Lipinski definition) is 1. The topological polar surface area (TPSA) is 127 Å². The molecule has 1 aliphatic rings. The molecule has 0 unspecified atom stereocenters. The summed E-state index contributed by atoms with van der Waals surface area (Å²) in [7, 11) is -3.84. The van der Waals surface area contributed by atoms with E-state index in [1.54, 1.807) is 45.2 Å². The van der Waals surface area contributed by atoms with E-state index in [1.165, 1.54) is 10.9 Å². The number of nitrogens with zero attached hydrogens (tertiary/aromatic N) is 5. The number of amides is 1. The zero-order chi connectivity index (χ0) is 27.9. The van der Waals surface area contributed by atoms with Crippen molar-refractivity contribution >= 4 is 43.9 Å². The molecule has 0 radical (unpaired) electrons. The van der Waals surface area contributed by atoms with Crippen LogP contribution < -0.4 is 10.3 Å². The van der Waals surface area contributed by atoms with Crippen molar-refractivity contribution in [1.82, 2.24) is 24.4 Å². The van der Waals surface area contributed by atoms with Crippen LogP contribution in [0.5, 0.6) is 0 Å². The molecule has 1 aromatic carbocycles. The van der Waals surface area contributed by atoms with E-state index in [0.717, 1.165) is 37.3 Å². The van der Waals surface area contributed by atoms with Gasteiger partial charge in [0.2, 0.25) is 5.91 Å². The molecule has 0 bridgehead atoms. The zero-order valence-corrected chi connectivity index (χ0v) is 23.9. The van der Waals surface area contributed by atoms with E-state index in [1.807, 2.05) is 17.9 Å². The average molecular weight is 567 g/mol. The number of carbonyl (C=O) groups excluding carboxylic acids is 1. The second-order valence-corrected chi connectivity index (χ2v) is 13.0. The van der Waals surface area contributed by atoms with Crippen LogP contribution in [-0.2, 0) is 21.4 Å². The lowest BCUT2D eigenvalue weighted by atomic mass is 10.0. The molecule has 1 aliphatic heterocycles. The Balaban J connectivity index is 1.45. The summed E-state index contributed by atoms with van der Waals surface area (Å²) >= 11 is 1.11. The van der Waals surface area contributed by atoms with Crippen LogP contribution in [0.4, 0.5) is 5.69 Å². The van der Waals surface area contributed by atoms with Crippen LogP contribution in [0.2, 0.25) is 0 Å². The Kier molecular flexibility index (Phi) is 7.25. The molecule has 5 rings (SSSR count). The molecule has 0 aliphatic carbocycles. The number of benzene rings is 1. The third-order valence-electron chi connectivity index (χ3n) is 6.90. The maximum atomic E-state index is 13.4. The van der Waals surface area contributed by atoms with Gasteiger partial charge in [0.05, 0.1) is 45.2 Å². The Morgan fingerprint density at radius 2 is 1.82 bits per heavy atom. The Bertz CT molecular complexity index is 1740. The molecule has 1 fully saturated rings. The summed E-state index contributed by atoms with van der Waals surface area (Å²) in [6.45, 7) is 8.77. The second-order valence-electron chi connectivity index (χ2n) is 9.94. The van der Waals surface area contributed by atoms with Gasteiger partial charge in [0.15, 0.2) is 4.21 Å². The Morgan fingerprint density at radius 3 is 2.51 bits per heavy atom. The Hall–Kier alpha value is -3.64. The third-order valence-corrected chi connectivity index (χ3v) is 9.95. The van der Waals surface area contributed by atoms with Crippen LogP contribution >= 0.6 is 11.3 Å². The van der Waals surface area contributed by atoms with Gasteiger partial charge in [-0.25, -0.2) is 18.4 Å². The number of fused-ring (bicyclic) bond motifs is 1. The third kappa shape index (κ3) is 5.44. The molecule has 1 atom stereocenters. The average Bonchev–Trinajstić information content (AvgIpc) is 3.56. The number of aromatic nitrogens is 4. The van der Waals surface area contributed by atoms with Crippen LogP contribution in [0.25, 0.3) is 22.0 Å². The van der Waals surface area contributed by atoms with E-state index < -0.39 is 10.0 Å². The first-order valence-electron chi connectivity index (χ1n) is 12.8. The number of pyridine rings is 1. The number of nitrogens with one attached hydrogen (secondary N) is 1. The number of carbonyl (C=O) groups is 1. The molecule has 39 heavy (non-hydrogen) atoms. The van der Waals surface area contributed by atoms with Crippen LogP contribution in [0, 0.1) is 26.7 Å². The lowest BCUT2D eigenvalue weighted by molar-refractivity contribution is -0.134. The number of rotatable bonds is 7. The summed E-state index contributed by atoms with van der Waals surface area (Å²) in [5.74, 6) is -0.288. The zero-order valence-electron chi connectivity index (χ0n) is 22.3. The van der Waals surface area contributed by atoms with E-state index in [9.17, 15) is 18.0 Å². The van der Waals surface area contributed by atoms with Gasteiger partial charge in [0, 0.05) is 31.4 Å². The monoisotopic (exact) mass is 566 g/mol. The fraction of sp³-hybridized carbons (Fsp3) is 0.370. The van der Waals surface area contributed by atoms with Crippen LogP contribution in [0.1, 0.15) is 36.2 Å². The van der Waals surface area contributed by atoms with Crippen molar-refractivity contribution in [3.05, 3.63) is 63.5 Å². The van der Waals surface area contributed by atoms with Crippen molar-refractivity contribution in [3.63, 3.8) is 0 Å². The molecule has 0 saturated carbocycles. The predicted octanol–water partition coefficient (Wildman–Crippen LogP) is 3.90. The fourth-order valence-electron chi connectivity index (χ4n) is 4.84. The predicted molar refractivity (Wildman–Crippen MR) is 151 cm³/mol. The van der Waals surface area contributed by atoms with Gasteiger partial charge in [-0.1, -0.05) is 13.0 Å². The SMILES string of the molecule is Cc1nc(C)c(S(=O)(=O)Nc2cc(-c3ccc4ncn(C[C@@H](C)C(=O)N5CCCC5)c(=O)c4c3)cnc2C)s1. The van der Waals surface area contributed by atoms with Crippen LogP contribution in [-0.4, -0.2) is 51.8 Å². The minimum Gasteiger partial charge on any atom is -0.342 e. The molecule has 4 heterocycles. The van der Waals surface area contributed by atoms with Gasteiger partial charge >= 0.3 is 0 Å². The summed E-state index contributed by atoms with van der Waals surface area (Å²) in [4.78, 5) is 41.1. The van der Waals surface area contributed by atoms with Gasteiger partial charge in [-0.05, 0) is 57.4 Å². The highest BCUT2D eigenvalue weighted by molar-refractivity contribution is 7.94. The van der Waals surface area contributed by atoms with Gasteiger partial charge in [-0.3, -0.25) is 23.9 Å². The summed E-state index contributed by atoms with van der Waals surface area (Å²) in [6, 6.07) is 7.01. The lowest BCUT2D eigenvalue weighted by Gasteiger charge is -2.20. The molecule has 1 saturated heterocycles. The maximum Gasteiger partial charge on any atom is 0.273 e. The quantitative estimate of drug-likeness (QED) is 0.359. The van der Waals surface area contributed by atoms with Crippen molar-refractivity contribution in [1.29, 1.82) is 0 Å². The number of hydrogen-bond acceptors (Lipinski definition) is 8. The van der Waals surface area contributed by atoms with Crippen molar-refractivity contribution in [2.45, 2.75) is 51.3 Å². The summed E-state index contributed by atoms with van der Waals surface area (Å²) in [5, 5.41) is 1.08. The molecule has 1 amide bonds. The normalized spacial score (nSPS) is 14.6. The number of likely N-dealkylation sites (tertiary alicyclic amines) is 1. The summed E-state index contributed by atoms with van der Waals surface area (Å²) in [5.41, 5.74) is 2.94. The van der Waals surface area contributed by atoms with Gasteiger partial charge in [-0.15, -0.1) is 11.3 Å². The molecule has 1 N–H and O–H groups in total. The number of anilines is 1. The van der Waals surface area contributed by atoms with E-state index in [2.05, 4.69) is 19.7 Å². The highest BCUT2D eigenvalue weighted by Crippen LogP contribution is 2.29. The lowest BCUT2D eigenvalue weighted by Crippen LogP contribution is -2.36. The molecular formula is C27H30N6O4S2. The van der Waals surface area contributed by atoms with Crippen LogP contribution in [0.15, 0.2) is 45.8 Å². The number of sulfonamides is 1. The first-order chi connectivity index (χ1) is 18.5. The van der Waals surface area contributed by atoms with Gasteiger partial charge in [-0.2, -0.15) is 0 Å². The molecular weight excluding hydrogens is 536 g/mol. The standard InChI is InChI=1S/C27H30N6O4S2/c1-16(25(34)32-9-5-6-10-32)14-33-15-29-23-8-7-20(11-22(23)26(33)35)21-12-24(17(2)28-13-21)31-39(36,37)27-18(3)30-19(4)38-27/h7-8,11-13,15-16,31H,5-6,9-10,14H2,1-4H3/t16-/m1/s1. The number of thiazole rings is 1. The van der Waals surface area contributed by atoms with Crippen LogP contribution in [0.3, 0.4) is 0 Å². The molecule has 12 heteroatoms. The van der Waals surface area contributed by atoms with Crippen molar-refractivity contribution in [2.75, 3.05) is 17.8 Å². The Morgan fingerprint density at radius 1 is 1.08 bits per heavy atom. The molecule has 3 aromatic heterocycles. The molecule has 4 aromatic rings. The highest BCUT2D eigenvalue weighted by atomic mass is 32.2. The fourth-order valence-corrected chi connectivity index (χ4v) is 7.43. The summed E-state index contributed by atoms with van der Waals surface area (Å²) in [6.07, 6.45) is 5.16. The van der Waals surface area contributed by atoms with Crippen molar-refractivity contribution in [2.24, 2.45) is 5.92 Å². The molecule has 10 nitrogen and oxygen atoms in total. The molecule has 0 spiro atoms. The molecule has 204 valence electrons. The van der Waals surface area contributed by atoms with Gasteiger partial charge in [0.25, 0.3) is 15.6 Å². The van der Waals surface area contributed by atoms with E-state index in [4.69, 9.17) is 0 Å². The highest BCUT2D eigenvalue weighted by Gasteiger charge is 2.24.